The first kappa shape index (κ1) is 17.7. The standard InChI is InChI=1S/C22H20F2S/c1-15-11-12-17(14-20(15)24)22(2,16-7-6-8-18(23)13-16)19-9-4-5-10-21(19)25-3/h4-14H,1-3H3. The fraction of sp³-hybridized carbons (Fsp3) is 0.182. The van der Waals surface area contributed by atoms with Gasteiger partial charge in [-0.25, -0.2) is 8.78 Å². The Hall–Kier alpha value is -2.13. The Morgan fingerprint density at radius 1 is 0.840 bits per heavy atom. The first-order valence-corrected chi connectivity index (χ1v) is 9.35. The minimum Gasteiger partial charge on any atom is -0.207 e. The van der Waals surface area contributed by atoms with Crippen LogP contribution in [0, 0.1) is 18.6 Å². The summed E-state index contributed by atoms with van der Waals surface area (Å²) in [5.41, 5.74) is 2.59. The normalized spacial score (nSPS) is 13.5. The van der Waals surface area contributed by atoms with Crippen molar-refractivity contribution in [2.75, 3.05) is 6.26 Å². The number of rotatable bonds is 4. The van der Waals surface area contributed by atoms with Gasteiger partial charge in [-0.1, -0.05) is 42.5 Å². The van der Waals surface area contributed by atoms with Crippen LogP contribution in [0.1, 0.15) is 29.2 Å². The van der Waals surface area contributed by atoms with E-state index in [0.717, 1.165) is 21.6 Å². The van der Waals surface area contributed by atoms with Gasteiger partial charge < -0.3 is 0 Å². The molecule has 0 amide bonds. The van der Waals surface area contributed by atoms with Gasteiger partial charge in [0.15, 0.2) is 0 Å². The van der Waals surface area contributed by atoms with Gasteiger partial charge in [-0.2, -0.15) is 0 Å². The van der Waals surface area contributed by atoms with Crippen LogP contribution >= 0.6 is 11.8 Å². The SMILES string of the molecule is CSc1ccccc1C(C)(c1cccc(F)c1)c1ccc(C)c(F)c1. The molecule has 1 atom stereocenters. The van der Waals surface area contributed by atoms with E-state index in [1.54, 1.807) is 36.9 Å². The zero-order valence-electron chi connectivity index (χ0n) is 14.5. The maximum atomic E-state index is 14.3. The van der Waals surface area contributed by atoms with Crippen LogP contribution in [0.3, 0.4) is 0 Å². The second-order valence-corrected chi connectivity index (χ2v) is 7.15. The summed E-state index contributed by atoms with van der Waals surface area (Å²) < 4.78 is 28.3. The molecule has 3 aromatic rings. The van der Waals surface area contributed by atoms with Gasteiger partial charge in [0.25, 0.3) is 0 Å². The third-order valence-electron chi connectivity index (χ3n) is 4.80. The Labute approximate surface area is 151 Å². The summed E-state index contributed by atoms with van der Waals surface area (Å²) in [4.78, 5) is 1.09. The molecule has 3 rings (SSSR count). The van der Waals surface area contributed by atoms with Gasteiger partial charge in [-0.05, 0) is 66.6 Å². The molecule has 0 spiro atoms. The van der Waals surface area contributed by atoms with E-state index in [4.69, 9.17) is 0 Å². The predicted molar refractivity (Wildman–Crippen MR) is 101 cm³/mol. The molecule has 3 heteroatoms. The molecule has 25 heavy (non-hydrogen) atoms. The first-order valence-electron chi connectivity index (χ1n) is 8.13. The van der Waals surface area contributed by atoms with Crippen molar-refractivity contribution in [3.05, 3.63) is 101 Å². The molecule has 0 aliphatic carbocycles. The average molecular weight is 354 g/mol. The summed E-state index contributed by atoms with van der Waals surface area (Å²) in [5.74, 6) is -0.542. The number of aryl methyl sites for hydroxylation is 1. The van der Waals surface area contributed by atoms with E-state index < -0.39 is 5.41 Å². The lowest BCUT2D eigenvalue weighted by atomic mass is 9.71. The quantitative estimate of drug-likeness (QED) is 0.388. The number of hydrogen-bond donors (Lipinski definition) is 0. The summed E-state index contributed by atoms with van der Waals surface area (Å²) in [6.45, 7) is 3.77. The van der Waals surface area contributed by atoms with Crippen LogP contribution in [0.15, 0.2) is 71.6 Å². The van der Waals surface area contributed by atoms with Crippen LogP contribution in [0.5, 0.6) is 0 Å². The molecule has 0 bridgehead atoms. The van der Waals surface area contributed by atoms with Crippen LogP contribution in [0.4, 0.5) is 8.78 Å². The van der Waals surface area contributed by atoms with Gasteiger partial charge >= 0.3 is 0 Å². The van der Waals surface area contributed by atoms with Crippen LogP contribution in [-0.2, 0) is 5.41 Å². The minimum absolute atomic E-state index is 0.248. The zero-order valence-corrected chi connectivity index (χ0v) is 15.3. The molecule has 0 N–H and O–H groups in total. The lowest BCUT2D eigenvalue weighted by molar-refractivity contribution is 0.596. The maximum absolute atomic E-state index is 14.3. The topological polar surface area (TPSA) is 0 Å². The van der Waals surface area contributed by atoms with E-state index in [2.05, 4.69) is 0 Å². The molecular formula is C22H20F2S. The third kappa shape index (κ3) is 3.21. The predicted octanol–water partition coefficient (Wildman–Crippen LogP) is 6.35. The summed E-state index contributed by atoms with van der Waals surface area (Å²) in [7, 11) is 0. The maximum Gasteiger partial charge on any atom is 0.126 e. The van der Waals surface area contributed by atoms with Gasteiger partial charge in [0.1, 0.15) is 11.6 Å². The molecule has 0 saturated heterocycles. The average Bonchev–Trinajstić information content (AvgIpc) is 2.63. The van der Waals surface area contributed by atoms with Crippen molar-refractivity contribution >= 4 is 11.8 Å². The van der Waals surface area contributed by atoms with Crippen LogP contribution in [0.2, 0.25) is 0 Å². The Balaban J connectivity index is 2.33. The Bertz CT molecular complexity index is 904. The van der Waals surface area contributed by atoms with Crippen LogP contribution < -0.4 is 0 Å². The van der Waals surface area contributed by atoms with Crippen molar-refractivity contribution in [1.29, 1.82) is 0 Å². The van der Waals surface area contributed by atoms with Crippen LogP contribution in [-0.4, -0.2) is 6.26 Å². The Kier molecular flexibility index (Phi) is 4.96. The van der Waals surface area contributed by atoms with Crippen molar-refractivity contribution in [1.82, 2.24) is 0 Å². The number of hydrogen-bond acceptors (Lipinski definition) is 1. The van der Waals surface area contributed by atoms with E-state index >= 15 is 0 Å². The van der Waals surface area contributed by atoms with Gasteiger partial charge in [0, 0.05) is 10.3 Å². The molecule has 1 unspecified atom stereocenters. The van der Waals surface area contributed by atoms with Crippen molar-refractivity contribution in [3.8, 4) is 0 Å². The molecule has 0 aliphatic rings. The number of thioether (sulfide) groups is 1. The molecular weight excluding hydrogens is 334 g/mol. The molecule has 128 valence electrons. The zero-order chi connectivity index (χ0) is 18.0. The monoisotopic (exact) mass is 354 g/mol. The second-order valence-electron chi connectivity index (χ2n) is 6.30. The van der Waals surface area contributed by atoms with Gasteiger partial charge in [0.05, 0.1) is 0 Å². The molecule has 0 fully saturated rings. The van der Waals surface area contributed by atoms with E-state index in [1.807, 2.05) is 49.6 Å². The third-order valence-corrected chi connectivity index (χ3v) is 5.59. The van der Waals surface area contributed by atoms with Crippen molar-refractivity contribution in [2.24, 2.45) is 0 Å². The molecule has 0 heterocycles. The lowest BCUT2D eigenvalue weighted by Gasteiger charge is -2.33. The Morgan fingerprint density at radius 3 is 2.24 bits per heavy atom. The largest absolute Gasteiger partial charge is 0.207 e. The smallest absolute Gasteiger partial charge is 0.126 e. The number of halogens is 2. The summed E-state index contributed by atoms with van der Waals surface area (Å²) in [6.07, 6.45) is 2.01. The molecule has 0 nitrogen and oxygen atoms in total. The highest BCUT2D eigenvalue weighted by Crippen LogP contribution is 2.43. The van der Waals surface area contributed by atoms with Crippen LogP contribution in [0.25, 0.3) is 0 Å². The summed E-state index contributed by atoms with van der Waals surface area (Å²) >= 11 is 1.64. The fourth-order valence-electron chi connectivity index (χ4n) is 3.24. The highest BCUT2D eigenvalue weighted by atomic mass is 32.2. The number of benzene rings is 3. The van der Waals surface area contributed by atoms with Crippen molar-refractivity contribution < 1.29 is 8.78 Å². The minimum atomic E-state index is -0.657. The first-order chi connectivity index (χ1) is 12.0. The van der Waals surface area contributed by atoms with E-state index in [1.165, 1.54) is 12.1 Å². The van der Waals surface area contributed by atoms with Gasteiger partial charge in [0.2, 0.25) is 0 Å². The molecule has 0 aliphatic heterocycles. The molecule has 3 aromatic carbocycles. The summed E-state index contributed by atoms with van der Waals surface area (Å²) in [5, 5.41) is 0. The molecule has 0 aromatic heterocycles. The van der Waals surface area contributed by atoms with Crippen molar-refractivity contribution in [2.45, 2.75) is 24.2 Å². The molecule has 0 saturated carbocycles. The highest BCUT2D eigenvalue weighted by molar-refractivity contribution is 7.98. The Morgan fingerprint density at radius 2 is 1.56 bits per heavy atom. The highest BCUT2D eigenvalue weighted by Gasteiger charge is 2.33. The fourth-order valence-corrected chi connectivity index (χ4v) is 3.95. The van der Waals surface area contributed by atoms with E-state index in [9.17, 15) is 8.78 Å². The van der Waals surface area contributed by atoms with Gasteiger partial charge in [-0.3, -0.25) is 0 Å². The molecule has 0 radical (unpaired) electrons. The van der Waals surface area contributed by atoms with E-state index in [0.29, 0.717) is 5.56 Å². The lowest BCUT2D eigenvalue weighted by Crippen LogP contribution is -2.26. The van der Waals surface area contributed by atoms with Gasteiger partial charge in [-0.15, -0.1) is 11.8 Å². The van der Waals surface area contributed by atoms with E-state index in [-0.39, 0.29) is 11.6 Å². The second kappa shape index (κ2) is 7.01. The van der Waals surface area contributed by atoms with Crippen molar-refractivity contribution in [3.63, 3.8) is 0 Å². The summed E-state index contributed by atoms with van der Waals surface area (Å²) in [6, 6.07) is 19.9.